The molecule has 0 aromatic carbocycles. The molecule has 104 valence electrons. The number of primary amides is 1. The van der Waals surface area contributed by atoms with Crippen molar-refractivity contribution in [1.29, 1.82) is 0 Å². The third kappa shape index (κ3) is 2.73. The van der Waals surface area contributed by atoms with Crippen molar-refractivity contribution in [3.63, 3.8) is 0 Å². The van der Waals surface area contributed by atoms with Crippen LogP contribution in [0, 0.1) is 5.92 Å². The summed E-state index contributed by atoms with van der Waals surface area (Å²) in [5.41, 5.74) is 5.03. The highest BCUT2D eigenvalue weighted by Gasteiger charge is 2.52. The third-order valence-corrected chi connectivity index (χ3v) is 3.10. The van der Waals surface area contributed by atoms with E-state index in [9.17, 15) is 27.2 Å². The maximum Gasteiger partial charge on any atom is 0.383 e. The summed E-state index contributed by atoms with van der Waals surface area (Å²) in [5, 5.41) is 0. The Kier molecular flexibility index (Phi) is 4.18. The second-order valence-electron chi connectivity index (χ2n) is 4.41. The van der Waals surface area contributed by atoms with Crippen molar-refractivity contribution in [2.24, 2.45) is 11.7 Å². The zero-order valence-corrected chi connectivity index (χ0v) is 9.71. The fourth-order valence-electron chi connectivity index (χ4n) is 1.91. The first-order chi connectivity index (χ1) is 8.17. The first-order valence-electron chi connectivity index (χ1n) is 5.44. The molecule has 1 fully saturated rings. The highest BCUT2D eigenvalue weighted by molar-refractivity contribution is 5.85. The molecule has 0 aromatic rings. The Morgan fingerprint density at radius 1 is 1.33 bits per heavy atom. The molecule has 0 aliphatic carbocycles. The van der Waals surface area contributed by atoms with Crippen LogP contribution in [0.25, 0.3) is 0 Å². The average molecular weight is 270 g/mol. The van der Waals surface area contributed by atoms with Gasteiger partial charge in [0.05, 0.1) is 5.92 Å². The van der Waals surface area contributed by atoms with E-state index >= 15 is 0 Å². The molecule has 8 heteroatoms. The molecule has 1 heterocycles. The van der Waals surface area contributed by atoms with Gasteiger partial charge in [-0.3, -0.25) is 9.59 Å². The molecule has 1 aliphatic heterocycles. The molecule has 0 spiro atoms. The standard InChI is InChI=1S/C10H14F4N2O2/c1-5-2-3-6(7(15)17)4-16(5)9(18)10(13,14)8(11)12/h5-6,8H,2-4H2,1H3,(H2,15,17). The van der Waals surface area contributed by atoms with Gasteiger partial charge in [-0.25, -0.2) is 8.78 Å². The second-order valence-corrected chi connectivity index (χ2v) is 4.41. The highest BCUT2D eigenvalue weighted by Crippen LogP contribution is 2.30. The lowest BCUT2D eigenvalue weighted by Crippen LogP contribution is -2.55. The van der Waals surface area contributed by atoms with Crippen molar-refractivity contribution < 1.29 is 27.2 Å². The lowest BCUT2D eigenvalue weighted by atomic mass is 9.92. The Morgan fingerprint density at radius 3 is 2.33 bits per heavy atom. The van der Waals surface area contributed by atoms with Gasteiger partial charge in [0.2, 0.25) is 5.91 Å². The number of nitrogens with zero attached hydrogens (tertiary/aromatic N) is 1. The van der Waals surface area contributed by atoms with Crippen LogP contribution in [0.4, 0.5) is 17.6 Å². The molecule has 0 radical (unpaired) electrons. The average Bonchev–Trinajstić information content (AvgIpc) is 2.28. The summed E-state index contributed by atoms with van der Waals surface area (Å²) in [5.74, 6) is -8.16. The quantitative estimate of drug-likeness (QED) is 0.778. The molecule has 18 heavy (non-hydrogen) atoms. The van der Waals surface area contributed by atoms with Crippen LogP contribution < -0.4 is 5.73 Å². The minimum absolute atomic E-state index is 0.276. The Morgan fingerprint density at radius 2 is 1.89 bits per heavy atom. The molecule has 2 atom stereocenters. The highest BCUT2D eigenvalue weighted by atomic mass is 19.3. The van der Waals surface area contributed by atoms with E-state index in [1.54, 1.807) is 0 Å². The molecule has 0 saturated carbocycles. The number of amides is 2. The molecule has 2 unspecified atom stereocenters. The zero-order chi connectivity index (χ0) is 14.1. The molecule has 4 nitrogen and oxygen atoms in total. The summed E-state index contributed by atoms with van der Waals surface area (Å²) >= 11 is 0. The number of carbonyl (C=O) groups excluding carboxylic acids is 2. The Balaban J connectivity index is 2.86. The van der Waals surface area contributed by atoms with E-state index in [0.29, 0.717) is 11.3 Å². The first-order valence-corrected chi connectivity index (χ1v) is 5.44. The summed E-state index contributed by atoms with van der Waals surface area (Å²) in [6.45, 7) is 1.13. The van der Waals surface area contributed by atoms with Crippen molar-refractivity contribution >= 4 is 11.8 Å². The van der Waals surface area contributed by atoms with E-state index in [1.807, 2.05) is 0 Å². The van der Waals surface area contributed by atoms with Crippen molar-refractivity contribution in [1.82, 2.24) is 4.90 Å². The lowest BCUT2D eigenvalue weighted by molar-refractivity contribution is -0.184. The van der Waals surface area contributed by atoms with Gasteiger partial charge in [0.15, 0.2) is 0 Å². The number of nitrogens with two attached hydrogens (primary N) is 1. The Hall–Kier alpha value is -1.34. The molecule has 1 rings (SSSR count). The first kappa shape index (κ1) is 14.7. The molecular weight excluding hydrogens is 256 g/mol. The van der Waals surface area contributed by atoms with Crippen molar-refractivity contribution in [2.75, 3.05) is 6.54 Å². The maximum atomic E-state index is 13.0. The van der Waals surface area contributed by atoms with Gasteiger partial charge < -0.3 is 10.6 Å². The molecule has 0 bridgehead atoms. The van der Waals surface area contributed by atoms with Crippen LogP contribution in [0.1, 0.15) is 19.8 Å². The van der Waals surface area contributed by atoms with Crippen molar-refractivity contribution in [2.45, 2.75) is 38.2 Å². The molecule has 1 aliphatic rings. The minimum atomic E-state index is -4.73. The van der Waals surface area contributed by atoms with E-state index in [4.69, 9.17) is 5.73 Å². The maximum absolute atomic E-state index is 13.0. The normalized spacial score (nSPS) is 25.3. The summed E-state index contributed by atoms with van der Waals surface area (Å²) in [4.78, 5) is 23.0. The van der Waals surface area contributed by atoms with Crippen LogP contribution in [-0.4, -0.2) is 41.6 Å². The summed E-state index contributed by atoms with van der Waals surface area (Å²) in [6, 6.07) is -0.613. The molecule has 0 aromatic heterocycles. The summed E-state index contributed by atoms with van der Waals surface area (Å²) in [7, 11) is 0. The van der Waals surface area contributed by atoms with E-state index in [-0.39, 0.29) is 13.0 Å². The van der Waals surface area contributed by atoms with Crippen LogP contribution in [0.3, 0.4) is 0 Å². The van der Waals surface area contributed by atoms with Gasteiger partial charge in [-0.05, 0) is 19.8 Å². The number of halogens is 4. The van der Waals surface area contributed by atoms with Gasteiger partial charge in [0.25, 0.3) is 5.91 Å². The Bertz CT molecular complexity index is 349. The second kappa shape index (κ2) is 5.11. The van der Waals surface area contributed by atoms with Gasteiger partial charge in [-0.1, -0.05) is 0 Å². The van der Waals surface area contributed by atoms with Gasteiger partial charge in [-0.2, -0.15) is 8.78 Å². The molecule has 2 amide bonds. The Labute approximate surface area is 101 Å². The van der Waals surface area contributed by atoms with E-state index in [0.717, 1.165) is 0 Å². The number of hydrogen-bond acceptors (Lipinski definition) is 2. The smallest absolute Gasteiger partial charge is 0.369 e. The zero-order valence-electron chi connectivity index (χ0n) is 9.71. The number of hydrogen-bond donors (Lipinski definition) is 1. The number of carbonyl (C=O) groups is 2. The molecule has 1 saturated heterocycles. The van der Waals surface area contributed by atoms with Gasteiger partial charge in [0.1, 0.15) is 0 Å². The predicted octanol–water partition coefficient (Wildman–Crippen LogP) is 0.999. The summed E-state index contributed by atoms with van der Waals surface area (Å²) in [6.07, 6.45) is -3.43. The van der Waals surface area contributed by atoms with Crippen LogP contribution >= 0.6 is 0 Å². The third-order valence-electron chi connectivity index (χ3n) is 3.10. The SMILES string of the molecule is CC1CCC(C(N)=O)CN1C(=O)C(F)(F)C(F)F. The fourth-order valence-corrected chi connectivity index (χ4v) is 1.91. The minimum Gasteiger partial charge on any atom is -0.369 e. The largest absolute Gasteiger partial charge is 0.383 e. The molecular formula is C10H14F4N2O2. The number of rotatable bonds is 3. The number of piperidine rings is 1. The van der Waals surface area contributed by atoms with Gasteiger partial charge in [-0.15, -0.1) is 0 Å². The topological polar surface area (TPSA) is 63.4 Å². The van der Waals surface area contributed by atoms with Crippen LogP contribution in [0.15, 0.2) is 0 Å². The van der Waals surface area contributed by atoms with Crippen LogP contribution in [0.2, 0.25) is 0 Å². The van der Waals surface area contributed by atoms with Gasteiger partial charge in [0, 0.05) is 12.6 Å². The molecule has 2 N–H and O–H groups in total. The van der Waals surface area contributed by atoms with E-state index < -0.39 is 36.1 Å². The van der Waals surface area contributed by atoms with E-state index in [1.165, 1.54) is 6.92 Å². The predicted molar refractivity (Wildman–Crippen MR) is 54.0 cm³/mol. The fraction of sp³-hybridized carbons (Fsp3) is 0.800. The summed E-state index contributed by atoms with van der Waals surface area (Å²) < 4.78 is 50.2. The van der Waals surface area contributed by atoms with E-state index in [2.05, 4.69) is 0 Å². The van der Waals surface area contributed by atoms with Crippen LogP contribution in [-0.2, 0) is 9.59 Å². The van der Waals surface area contributed by atoms with Crippen molar-refractivity contribution in [3.8, 4) is 0 Å². The van der Waals surface area contributed by atoms with Gasteiger partial charge >= 0.3 is 12.3 Å². The monoisotopic (exact) mass is 270 g/mol. The van der Waals surface area contributed by atoms with Crippen LogP contribution in [0.5, 0.6) is 0 Å². The van der Waals surface area contributed by atoms with Crippen molar-refractivity contribution in [3.05, 3.63) is 0 Å². The lowest BCUT2D eigenvalue weighted by Gasteiger charge is -2.38. The number of alkyl halides is 4. The number of likely N-dealkylation sites (tertiary alicyclic amines) is 1.